The maximum Gasteiger partial charge on any atom is 0.355 e. The van der Waals surface area contributed by atoms with Gasteiger partial charge >= 0.3 is 5.97 Å². The first kappa shape index (κ1) is 16.3. The van der Waals surface area contributed by atoms with Crippen molar-refractivity contribution >= 4 is 60.6 Å². The highest BCUT2D eigenvalue weighted by molar-refractivity contribution is 7.91. The van der Waals surface area contributed by atoms with Gasteiger partial charge in [0.05, 0.1) is 22.1 Å². The lowest BCUT2D eigenvalue weighted by atomic mass is 10.3. The van der Waals surface area contributed by atoms with Gasteiger partial charge in [-0.25, -0.2) is 13.2 Å². The molecule has 3 aromatic rings. The van der Waals surface area contributed by atoms with E-state index in [0.717, 1.165) is 0 Å². The number of hydrogen-bond donors (Lipinski definition) is 1. The Kier molecular flexibility index (Phi) is 4.14. The van der Waals surface area contributed by atoms with Gasteiger partial charge in [-0.05, 0) is 29.6 Å². The second-order valence-corrected chi connectivity index (χ2v) is 8.18. The van der Waals surface area contributed by atoms with Crippen molar-refractivity contribution in [3.05, 3.63) is 45.4 Å². The van der Waals surface area contributed by atoms with Crippen molar-refractivity contribution in [3.63, 3.8) is 0 Å². The fourth-order valence-corrected chi connectivity index (χ4v) is 5.02. The molecule has 0 saturated carbocycles. The number of carbonyl (C=O) groups is 1. The van der Waals surface area contributed by atoms with E-state index in [-0.39, 0.29) is 25.5 Å². The predicted molar refractivity (Wildman–Crippen MR) is 89.4 cm³/mol. The van der Waals surface area contributed by atoms with Gasteiger partial charge < -0.3 is 9.72 Å². The highest BCUT2D eigenvalue weighted by Crippen LogP contribution is 2.36. The van der Waals surface area contributed by atoms with Gasteiger partial charge in [0.25, 0.3) is 0 Å². The topological polar surface area (TPSA) is 76.2 Å². The van der Waals surface area contributed by atoms with Crippen molar-refractivity contribution in [1.29, 1.82) is 0 Å². The molecule has 0 radical (unpaired) electrons. The Morgan fingerprint density at radius 2 is 1.96 bits per heavy atom. The summed E-state index contributed by atoms with van der Waals surface area (Å²) in [6, 6.07) is 5.63. The van der Waals surface area contributed by atoms with E-state index in [1.54, 1.807) is 11.4 Å². The van der Waals surface area contributed by atoms with Crippen LogP contribution in [0.3, 0.4) is 0 Å². The molecular formula is C14H9Cl2NO4S2. The molecule has 0 aliphatic rings. The molecule has 23 heavy (non-hydrogen) atoms. The fraction of sp³-hybridized carbons (Fsp3) is 0.0714. The molecule has 2 aromatic heterocycles. The second-order valence-electron chi connectivity index (χ2n) is 4.56. The molecule has 0 amide bonds. The van der Waals surface area contributed by atoms with E-state index in [9.17, 15) is 13.2 Å². The van der Waals surface area contributed by atoms with E-state index in [1.165, 1.54) is 36.6 Å². The molecule has 0 fully saturated rings. The quantitative estimate of drug-likeness (QED) is 0.682. The van der Waals surface area contributed by atoms with Gasteiger partial charge in [0.1, 0.15) is 15.4 Å². The number of rotatable bonds is 3. The summed E-state index contributed by atoms with van der Waals surface area (Å²) in [4.78, 5) is 15.1. The van der Waals surface area contributed by atoms with Gasteiger partial charge in [0.15, 0.2) is 0 Å². The summed E-state index contributed by atoms with van der Waals surface area (Å²) in [5, 5.41) is 2.52. The highest BCUT2D eigenvalue weighted by Gasteiger charge is 2.30. The maximum absolute atomic E-state index is 13.0. The van der Waals surface area contributed by atoms with Crippen molar-refractivity contribution in [1.82, 2.24) is 4.98 Å². The molecule has 2 heterocycles. The number of nitrogens with one attached hydrogen (secondary N) is 1. The molecule has 0 unspecified atom stereocenters. The number of carbonyl (C=O) groups excluding carboxylic acids is 1. The first-order valence-corrected chi connectivity index (χ1v) is 9.35. The standard InChI is InChI=1S/C14H9Cl2NO4S2/c1-21-14(18)11-12(8-4-5-22-13(8)17-11)23(19,20)7-2-3-9(15)10(16)6-7/h2-6,17H,1H3. The molecule has 1 N–H and O–H groups in total. The Morgan fingerprint density at radius 1 is 1.22 bits per heavy atom. The average molecular weight is 390 g/mol. The van der Waals surface area contributed by atoms with Crippen molar-refractivity contribution in [2.24, 2.45) is 0 Å². The third-order valence-electron chi connectivity index (χ3n) is 3.24. The lowest BCUT2D eigenvalue weighted by Crippen LogP contribution is -2.10. The van der Waals surface area contributed by atoms with Crippen LogP contribution in [-0.4, -0.2) is 26.5 Å². The molecule has 0 aliphatic heterocycles. The summed E-state index contributed by atoms with van der Waals surface area (Å²) in [7, 11) is -2.80. The number of hydrogen-bond acceptors (Lipinski definition) is 5. The summed E-state index contributed by atoms with van der Waals surface area (Å²) >= 11 is 13.0. The number of fused-ring (bicyclic) bond motifs is 1. The second kappa shape index (κ2) is 5.83. The number of H-pyrrole nitrogens is 1. The molecule has 0 saturated heterocycles. The normalized spacial score (nSPS) is 11.8. The molecule has 5 nitrogen and oxygen atoms in total. The van der Waals surface area contributed by atoms with Crippen LogP contribution in [0.25, 0.3) is 10.2 Å². The molecule has 0 bridgehead atoms. The lowest BCUT2D eigenvalue weighted by molar-refractivity contribution is 0.0591. The smallest absolute Gasteiger partial charge is 0.355 e. The SMILES string of the molecule is COC(=O)c1[nH]c2sccc2c1S(=O)(=O)c1ccc(Cl)c(Cl)c1. The number of aromatic amines is 1. The number of methoxy groups -OCH3 is 1. The number of sulfone groups is 1. The zero-order valence-corrected chi connectivity index (χ0v) is 14.7. The minimum Gasteiger partial charge on any atom is -0.464 e. The van der Waals surface area contributed by atoms with Crippen LogP contribution in [0.5, 0.6) is 0 Å². The van der Waals surface area contributed by atoms with Crippen LogP contribution >= 0.6 is 34.5 Å². The molecule has 0 spiro atoms. The molecule has 120 valence electrons. The van der Waals surface area contributed by atoms with Crippen molar-refractivity contribution in [3.8, 4) is 0 Å². The van der Waals surface area contributed by atoms with Crippen LogP contribution in [0, 0.1) is 0 Å². The molecule has 3 rings (SSSR count). The largest absolute Gasteiger partial charge is 0.464 e. The number of aromatic nitrogens is 1. The van der Waals surface area contributed by atoms with E-state index in [1.807, 2.05) is 0 Å². The number of ether oxygens (including phenoxy) is 1. The minimum absolute atomic E-state index is 0.0517. The van der Waals surface area contributed by atoms with Gasteiger partial charge in [0, 0.05) is 5.39 Å². The van der Waals surface area contributed by atoms with Gasteiger partial charge in [-0.1, -0.05) is 23.2 Å². The van der Waals surface area contributed by atoms with Crippen molar-refractivity contribution < 1.29 is 17.9 Å². The molecule has 0 atom stereocenters. The lowest BCUT2D eigenvalue weighted by Gasteiger charge is -2.07. The fourth-order valence-electron chi connectivity index (χ4n) is 2.18. The van der Waals surface area contributed by atoms with Crippen LogP contribution in [-0.2, 0) is 14.6 Å². The predicted octanol–water partition coefficient (Wildman–Crippen LogP) is 4.16. The number of benzene rings is 1. The minimum atomic E-state index is -3.99. The monoisotopic (exact) mass is 389 g/mol. The van der Waals surface area contributed by atoms with Gasteiger partial charge in [-0.15, -0.1) is 11.3 Å². The summed E-state index contributed by atoms with van der Waals surface area (Å²) < 4.78 is 30.6. The summed E-state index contributed by atoms with van der Waals surface area (Å²) in [6.45, 7) is 0. The Balaban J connectivity index is 2.31. The molecule has 9 heteroatoms. The Bertz CT molecular complexity index is 1020. The number of thiophene rings is 1. The highest BCUT2D eigenvalue weighted by atomic mass is 35.5. The Labute approximate surface area is 145 Å². The van der Waals surface area contributed by atoms with Crippen LogP contribution in [0.1, 0.15) is 10.5 Å². The van der Waals surface area contributed by atoms with Gasteiger partial charge in [0.2, 0.25) is 9.84 Å². The van der Waals surface area contributed by atoms with E-state index < -0.39 is 15.8 Å². The van der Waals surface area contributed by atoms with Gasteiger partial charge in [-0.3, -0.25) is 0 Å². The first-order valence-electron chi connectivity index (χ1n) is 6.24. The van der Waals surface area contributed by atoms with Crippen molar-refractivity contribution in [2.75, 3.05) is 7.11 Å². The summed E-state index contributed by atoms with van der Waals surface area (Å²) in [6.07, 6.45) is 0. The van der Waals surface area contributed by atoms with Crippen molar-refractivity contribution in [2.45, 2.75) is 9.79 Å². The number of esters is 1. The zero-order chi connectivity index (χ0) is 16.8. The first-order chi connectivity index (χ1) is 10.9. The van der Waals surface area contributed by atoms with Crippen LogP contribution in [0.4, 0.5) is 0 Å². The van der Waals surface area contributed by atoms with Crippen LogP contribution in [0.15, 0.2) is 39.4 Å². The third-order valence-corrected chi connectivity index (χ3v) is 6.64. The Hall–Kier alpha value is -1.54. The summed E-state index contributed by atoms with van der Waals surface area (Å²) in [5.74, 6) is -0.757. The van der Waals surface area contributed by atoms with E-state index >= 15 is 0 Å². The molecular weight excluding hydrogens is 381 g/mol. The average Bonchev–Trinajstić information content (AvgIpc) is 3.09. The molecule has 1 aromatic carbocycles. The van der Waals surface area contributed by atoms with E-state index in [2.05, 4.69) is 9.72 Å². The van der Waals surface area contributed by atoms with E-state index in [4.69, 9.17) is 23.2 Å². The Morgan fingerprint density at radius 3 is 2.61 bits per heavy atom. The zero-order valence-electron chi connectivity index (χ0n) is 11.6. The number of halogens is 2. The molecule has 0 aliphatic carbocycles. The van der Waals surface area contributed by atoms with Crippen LogP contribution in [0.2, 0.25) is 10.0 Å². The van der Waals surface area contributed by atoms with E-state index in [0.29, 0.717) is 10.2 Å². The van der Waals surface area contributed by atoms with Gasteiger partial charge in [-0.2, -0.15) is 0 Å². The maximum atomic E-state index is 13.0. The summed E-state index contributed by atoms with van der Waals surface area (Å²) in [5.41, 5.74) is -0.111. The third kappa shape index (κ3) is 2.63. The van der Waals surface area contributed by atoms with Crippen LogP contribution < -0.4 is 0 Å².